The van der Waals surface area contributed by atoms with E-state index in [1.54, 1.807) is 6.07 Å². The van der Waals surface area contributed by atoms with Gasteiger partial charge in [0.25, 0.3) is 0 Å². The summed E-state index contributed by atoms with van der Waals surface area (Å²) in [6.45, 7) is 0. The lowest BCUT2D eigenvalue weighted by Crippen LogP contribution is -2.23. The molecule has 0 aliphatic rings. The van der Waals surface area contributed by atoms with E-state index in [9.17, 15) is 14.3 Å². The van der Waals surface area contributed by atoms with E-state index in [1.807, 2.05) is 42.5 Å². The fourth-order valence-corrected chi connectivity index (χ4v) is 5.86. The Morgan fingerprint density at radius 3 is 2.65 bits per heavy atom. The number of furan rings is 1. The number of hydrogen-bond donors (Lipinski definition) is 2. The van der Waals surface area contributed by atoms with Gasteiger partial charge in [0, 0.05) is 22.8 Å². The third-order valence-electron chi connectivity index (χ3n) is 5.04. The lowest BCUT2D eigenvalue weighted by atomic mass is 9.99. The fourth-order valence-electron chi connectivity index (χ4n) is 3.57. The van der Waals surface area contributed by atoms with E-state index < -0.39 is 13.9 Å². The summed E-state index contributed by atoms with van der Waals surface area (Å²) in [7, 11) is -1.39. The average molecular weight is 567 g/mol. The Morgan fingerprint density at radius 2 is 1.94 bits per heavy atom. The normalized spacial score (nSPS) is 13.3. The number of fused-ring (bicyclic) bond motifs is 2. The van der Waals surface area contributed by atoms with Crippen molar-refractivity contribution in [2.24, 2.45) is 0 Å². The van der Waals surface area contributed by atoms with Crippen LogP contribution >= 0.6 is 39.9 Å². The molecule has 0 bridgehead atoms. The van der Waals surface area contributed by atoms with Crippen molar-refractivity contribution in [3.63, 3.8) is 0 Å². The van der Waals surface area contributed by atoms with Gasteiger partial charge in [-0.25, -0.2) is 0 Å². The van der Waals surface area contributed by atoms with Crippen molar-refractivity contribution in [1.82, 2.24) is 0 Å². The Labute approximate surface area is 195 Å². The maximum atomic E-state index is 13.2. The van der Waals surface area contributed by atoms with E-state index >= 15 is 0 Å². The molecule has 1 aromatic heterocycles. The van der Waals surface area contributed by atoms with E-state index in [1.165, 1.54) is 13.4 Å². The van der Waals surface area contributed by atoms with Crippen LogP contribution in [-0.2, 0) is 9.36 Å². The van der Waals surface area contributed by atoms with Crippen LogP contribution in [0.3, 0.4) is 0 Å². The predicted molar refractivity (Wildman–Crippen MR) is 130 cm³/mol. The van der Waals surface area contributed by atoms with Gasteiger partial charge >= 0.3 is 0 Å². The van der Waals surface area contributed by atoms with E-state index in [-0.39, 0.29) is 12.1 Å². The van der Waals surface area contributed by atoms with Crippen molar-refractivity contribution < 1.29 is 23.4 Å². The minimum Gasteiger partial charge on any atom is -0.494 e. The van der Waals surface area contributed by atoms with E-state index in [2.05, 4.69) is 37.2 Å². The Kier molecular flexibility index (Phi) is 6.53. The lowest BCUT2D eigenvalue weighted by Gasteiger charge is -2.16. The monoisotopic (exact) mass is 565 g/mol. The Hall–Kier alpha value is -2.12. The largest absolute Gasteiger partial charge is 0.494 e. The van der Waals surface area contributed by atoms with Crippen molar-refractivity contribution in [3.8, 4) is 5.75 Å². The van der Waals surface area contributed by atoms with Gasteiger partial charge in [-0.1, -0.05) is 30.3 Å². The summed E-state index contributed by atoms with van der Waals surface area (Å²) in [5, 5.41) is 5.58. The molecule has 31 heavy (non-hydrogen) atoms. The highest BCUT2D eigenvalue weighted by Gasteiger charge is 2.28. The van der Waals surface area contributed by atoms with Crippen LogP contribution < -0.4 is 10.1 Å². The van der Waals surface area contributed by atoms with Gasteiger partial charge in [0.2, 0.25) is 5.91 Å². The van der Waals surface area contributed by atoms with E-state index in [0.29, 0.717) is 36.9 Å². The average Bonchev–Trinajstić information content (AvgIpc) is 3.15. The molecule has 4 rings (SSSR count). The molecule has 9 heteroatoms. The first-order valence-corrected chi connectivity index (χ1v) is 12.5. The first-order chi connectivity index (χ1) is 14.9. The number of hydrogen-bond acceptors (Lipinski definition) is 4. The van der Waals surface area contributed by atoms with Crippen LogP contribution in [0.2, 0.25) is 0 Å². The Bertz CT molecular complexity index is 1320. The number of nitrogens with one attached hydrogen (secondary N) is 1. The number of anilines is 1. The highest BCUT2D eigenvalue weighted by molar-refractivity contribution is 9.11. The summed E-state index contributed by atoms with van der Waals surface area (Å²) in [6, 6.07) is 15.2. The van der Waals surface area contributed by atoms with Crippen LogP contribution in [0.15, 0.2) is 68.2 Å². The highest BCUT2D eigenvalue weighted by Crippen LogP contribution is 2.43. The number of benzene rings is 3. The van der Waals surface area contributed by atoms with Gasteiger partial charge in [-0.15, -0.1) is 0 Å². The van der Waals surface area contributed by atoms with Crippen molar-refractivity contribution in [1.29, 1.82) is 0 Å². The van der Waals surface area contributed by atoms with Crippen LogP contribution in [0, 0.1) is 0 Å². The summed E-state index contributed by atoms with van der Waals surface area (Å²) in [4.78, 5) is 22.8. The maximum Gasteiger partial charge on any atom is 0.232 e. The third-order valence-corrected chi connectivity index (χ3v) is 7.10. The van der Waals surface area contributed by atoms with Crippen molar-refractivity contribution >= 4 is 73.2 Å². The molecule has 0 aliphatic carbocycles. The smallest absolute Gasteiger partial charge is 0.232 e. The molecule has 6 nitrogen and oxygen atoms in total. The number of rotatable bonds is 6. The van der Waals surface area contributed by atoms with Gasteiger partial charge in [0.15, 0.2) is 19.4 Å². The molecule has 2 unspecified atom stereocenters. The first kappa shape index (κ1) is 22.1. The number of amides is 1. The first-order valence-electron chi connectivity index (χ1n) is 9.33. The molecule has 0 fully saturated rings. The molecular formula is C22H18Br2NO5P. The molecule has 0 spiro atoms. The minimum atomic E-state index is -2.93. The standard InChI is InChI=1S/C22H18Br2NO5P/c1-29-21-18(23)9-15-16(10-30-20(15)19(21)24)17(11-31(27)28)22(26)25-14-7-6-12-4-2-3-5-13(12)8-14/h2-10,17,31H,11H2,1H3,(H,25,26)(H,27,28). The van der Waals surface area contributed by atoms with Gasteiger partial charge < -0.3 is 19.4 Å². The van der Waals surface area contributed by atoms with Crippen LogP contribution in [0.5, 0.6) is 5.75 Å². The Morgan fingerprint density at radius 1 is 1.19 bits per heavy atom. The molecule has 4 aromatic rings. The molecule has 1 heterocycles. The molecule has 0 saturated heterocycles. The molecule has 1 amide bonds. The zero-order valence-electron chi connectivity index (χ0n) is 16.3. The molecule has 2 atom stereocenters. The van der Waals surface area contributed by atoms with Crippen LogP contribution in [0.25, 0.3) is 21.7 Å². The zero-order chi connectivity index (χ0) is 22.1. The summed E-state index contributed by atoms with van der Waals surface area (Å²) in [6.07, 6.45) is 1.26. The van der Waals surface area contributed by atoms with Crippen LogP contribution in [-0.4, -0.2) is 24.1 Å². The number of methoxy groups -OCH3 is 1. The lowest BCUT2D eigenvalue weighted by molar-refractivity contribution is -0.117. The minimum absolute atomic E-state index is 0.194. The van der Waals surface area contributed by atoms with E-state index in [4.69, 9.17) is 9.15 Å². The van der Waals surface area contributed by atoms with Gasteiger partial charge in [-0.2, -0.15) is 0 Å². The molecular weight excluding hydrogens is 549 g/mol. The maximum absolute atomic E-state index is 13.2. The van der Waals surface area contributed by atoms with Gasteiger partial charge in [0.1, 0.15) is 4.47 Å². The number of halogens is 2. The Balaban J connectivity index is 1.73. The second-order valence-electron chi connectivity index (χ2n) is 6.97. The second-order valence-corrected chi connectivity index (χ2v) is 9.82. The summed E-state index contributed by atoms with van der Waals surface area (Å²) >= 11 is 6.92. The van der Waals surface area contributed by atoms with Crippen molar-refractivity contribution in [2.75, 3.05) is 18.6 Å². The molecule has 0 radical (unpaired) electrons. The fraction of sp³-hybridized carbons (Fsp3) is 0.136. The van der Waals surface area contributed by atoms with Crippen LogP contribution in [0.1, 0.15) is 11.5 Å². The molecule has 2 N–H and O–H groups in total. The van der Waals surface area contributed by atoms with Gasteiger partial charge in [0.05, 0.1) is 23.8 Å². The van der Waals surface area contributed by atoms with Crippen molar-refractivity contribution in [3.05, 3.63) is 69.3 Å². The summed E-state index contributed by atoms with van der Waals surface area (Å²) in [5.74, 6) is -0.689. The summed E-state index contributed by atoms with van der Waals surface area (Å²) < 4.78 is 24.1. The third kappa shape index (κ3) is 4.44. The van der Waals surface area contributed by atoms with Gasteiger partial charge in [-0.05, 0) is 60.8 Å². The zero-order valence-corrected chi connectivity index (χ0v) is 20.5. The molecule has 0 aliphatic heterocycles. The number of carbonyl (C=O) groups excluding carboxylic acids is 1. The predicted octanol–water partition coefficient (Wildman–Crippen LogP) is 6.31. The van der Waals surface area contributed by atoms with Crippen molar-refractivity contribution in [2.45, 2.75) is 5.92 Å². The second kappa shape index (κ2) is 9.17. The number of carbonyl (C=O) groups is 1. The van der Waals surface area contributed by atoms with Crippen LogP contribution in [0.4, 0.5) is 5.69 Å². The molecule has 3 aromatic carbocycles. The molecule has 160 valence electrons. The topological polar surface area (TPSA) is 88.8 Å². The number of ether oxygens (including phenoxy) is 1. The van der Waals surface area contributed by atoms with E-state index in [0.717, 1.165) is 10.8 Å². The summed E-state index contributed by atoms with van der Waals surface area (Å²) in [5.41, 5.74) is 1.64. The quantitative estimate of drug-likeness (QED) is 0.267. The molecule has 0 saturated carbocycles. The highest BCUT2D eigenvalue weighted by atomic mass is 79.9. The SMILES string of the molecule is COc1c(Br)cc2c(C(C[PH](=O)O)C(=O)Nc3ccc4ccccc4c3)coc2c1Br. The van der Waals surface area contributed by atoms with Gasteiger partial charge in [-0.3, -0.25) is 9.36 Å².